The van der Waals surface area contributed by atoms with Gasteiger partial charge in [0.1, 0.15) is 6.54 Å². The fourth-order valence-electron chi connectivity index (χ4n) is 2.17. The van der Waals surface area contributed by atoms with Crippen LogP contribution < -0.4 is 5.32 Å². The molecule has 120 valence electrons. The van der Waals surface area contributed by atoms with E-state index in [-0.39, 0.29) is 6.03 Å². The Bertz CT molecular complexity index is 510. The fourth-order valence-corrected chi connectivity index (χ4v) is 2.17. The highest BCUT2D eigenvalue weighted by molar-refractivity contribution is 5.74. The molecule has 0 fully saturated rings. The van der Waals surface area contributed by atoms with E-state index in [1.54, 1.807) is 27.8 Å². The normalized spacial score (nSPS) is 13.1. The lowest BCUT2D eigenvalue weighted by Gasteiger charge is -2.20. The van der Waals surface area contributed by atoms with Crippen molar-refractivity contribution < 1.29 is 18.0 Å². The molecule has 0 aromatic carbocycles. The van der Waals surface area contributed by atoms with Crippen LogP contribution in [0.1, 0.15) is 36.8 Å². The molecule has 0 saturated carbocycles. The monoisotopic (exact) mass is 306 g/mol. The number of carbonyl (C=O) groups excluding carboxylic acids is 1. The molecule has 5 nitrogen and oxygen atoms in total. The van der Waals surface area contributed by atoms with Crippen LogP contribution in [0.4, 0.5) is 18.0 Å². The molecule has 0 aliphatic rings. The fraction of sp³-hybridized carbons (Fsp3) is 0.692. The molecule has 1 rings (SSSR count). The molecule has 0 unspecified atom stereocenters. The molecule has 0 saturated heterocycles. The van der Waals surface area contributed by atoms with Crippen molar-refractivity contribution in [3.63, 3.8) is 0 Å². The Morgan fingerprint density at radius 2 is 2.00 bits per heavy atom. The molecule has 0 bridgehead atoms. The zero-order valence-corrected chi connectivity index (χ0v) is 12.9. The van der Waals surface area contributed by atoms with E-state index in [0.717, 1.165) is 4.68 Å². The lowest BCUT2D eigenvalue weighted by Crippen LogP contribution is -2.38. The maximum Gasteiger partial charge on any atom is 0.408 e. The van der Waals surface area contributed by atoms with Crippen LogP contribution in [0.3, 0.4) is 0 Å². The van der Waals surface area contributed by atoms with Gasteiger partial charge in [0.15, 0.2) is 0 Å². The van der Waals surface area contributed by atoms with E-state index in [9.17, 15) is 18.0 Å². The van der Waals surface area contributed by atoms with Gasteiger partial charge in [0.05, 0.1) is 11.7 Å². The number of hydrogen-bond acceptors (Lipinski definition) is 2. The highest BCUT2D eigenvalue weighted by Gasteiger charge is 2.31. The van der Waals surface area contributed by atoms with Crippen LogP contribution >= 0.6 is 0 Å². The summed E-state index contributed by atoms with van der Waals surface area (Å²) in [6, 6.07) is -0.680. The summed E-state index contributed by atoms with van der Waals surface area (Å²) in [6.45, 7) is 6.20. The standard InChI is InChI=1S/C13H21F3N4O/c1-6-19(5)12(21)17-8(2)11-9(3)18-20(10(11)4)7-13(14,15)16/h8H,6-7H2,1-5H3,(H,17,21)/t8-/m0/s1. The van der Waals surface area contributed by atoms with Gasteiger partial charge >= 0.3 is 12.2 Å². The van der Waals surface area contributed by atoms with Crippen molar-refractivity contribution in [3.05, 3.63) is 17.0 Å². The zero-order valence-electron chi connectivity index (χ0n) is 12.9. The van der Waals surface area contributed by atoms with Crippen molar-refractivity contribution in [2.45, 2.75) is 46.5 Å². The second kappa shape index (κ2) is 6.36. The number of aryl methyl sites for hydroxylation is 1. The Morgan fingerprint density at radius 3 is 2.48 bits per heavy atom. The predicted molar refractivity (Wildman–Crippen MR) is 73.0 cm³/mol. The third kappa shape index (κ3) is 4.37. The molecule has 1 atom stereocenters. The van der Waals surface area contributed by atoms with Gasteiger partial charge in [-0.25, -0.2) is 4.79 Å². The van der Waals surface area contributed by atoms with Gasteiger partial charge in [0.2, 0.25) is 0 Å². The van der Waals surface area contributed by atoms with Gasteiger partial charge in [0, 0.05) is 24.8 Å². The number of nitrogens with zero attached hydrogens (tertiary/aromatic N) is 3. The highest BCUT2D eigenvalue weighted by Crippen LogP contribution is 2.25. The summed E-state index contributed by atoms with van der Waals surface area (Å²) in [5.41, 5.74) is 1.53. The largest absolute Gasteiger partial charge is 0.408 e. The maximum absolute atomic E-state index is 12.5. The van der Waals surface area contributed by atoms with Crippen LogP contribution in [0, 0.1) is 13.8 Å². The number of amides is 2. The number of urea groups is 1. The van der Waals surface area contributed by atoms with Gasteiger partial charge in [-0.2, -0.15) is 18.3 Å². The average molecular weight is 306 g/mol. The van der Waals surface area contributed by atoms with E-state index in [0.29, 0.717) is 23.5 Å². The van der Waals surface area contributed by atoms with Crippen molar-refractivity contribution in [1.29, 1.82) is 0 Å². The average Bonchev–Trinajstić information content (AvgIpc) is 2.60. The van der Waals surface area contributed by atoms with Crippen LogP contribution in [0.5, 0.6) is 0 Å². The first kappa shape index (κ1) is 17.3. The highest BCUT2D eigenvalue weighted by atomic mass is 19.4. The number of aromatic nitrogens is 2. The predicted octanol–water partition coefficient (Wildman–Crippen LogP) is 2.78. The van der Waals surface area contributed by atoms with E-state index < -0.39 is 18.8 Å². The molecule has 1 heterocycles. The van der Waals surface area contributed by atoms with Crippen LogP contribution in [-0.4, -0.2) is 40.5 Å². The third-order valence-corrected chi connectivity index (χ3v) is 3.36. The van der Waals surface area contributed by atoms with E-state index >= 15 is 0 Å². The molecule has 8 heteroatoms. The first-order valence-electron chi connectivity index (χ1n) is 6.69. The molecule has 21 heavy (non-hydrogen) atoms. The first-order chi connectivity index (χ1) is 9.56. The van der Waals surface area contributed by atoms with E-state index in [1.807, 2.05) is 6.92 Å². The zero-order chi connectivity index (χ0) is 16.4. The molecule has 0 radical (unpaired) electrons. The minimum atomic E-state index is -4.32. The second-order valence-electron chi connectivity index (χ2n) is 5.04. The van der Waals surface area contributed by atoms with Gasteiger partial charge in [0.25, 0.3) is 0 Å². The molecule has 0 aliphatic heterocycles. The number of halogens is 3. The topological polar surface area (TPSA) is 50.2 Å². The molecule has 1 aromatic heterocycles. The van der Waals surface area contributed by atoms with Gasteiger partial charge < -0.3 is 10.2 Å². The molecular formula is C13H21F3N4O. The number of nitrogens with one attached hydrogen (secondary N) is 1. The Labute approximate surface area is 122 Å². The number of alkyl halides is 3. The number of carbonyl (C=O) groups is 1. The van der Waals surface area contributed by atoms with Crippen molar-refractivity contribution in [3.8, 4) is 0 Å². The van der Waals surface area contributed by atoms with Crippen LogP contribution in [0.25, 0.3) is 0 Å². The van der Waals surface area contributed by atoms with Gasteiger partial charge in [-0.1, -0.05) is 0 Å². The number of rotatable bonds is 4. The molecular weight excluding hydrogens is 285 g/mol. The molecule has 1 N–H and O–H groups in total. The second-order valence-corrected chi connectivity index (χ2v) is 5.04. The first-order valence-corrected chi connectivity index (χ1v) is 6.69. The number of hydrogen-bond donors (Lipinski definition) is 1. The molecule has 2 amide bonds. The van der Waals surface area contributed by atoms with Gasteiger partial charge in [-0.05, 0) is 27.7 Å². The van der Waals surface area contributed by atoms with Crippen molar-refractivity contribution in [2.75, 3.05) is 13.6 Å². The molecule has 0 aliphatic carbocycles. The SMILES string of the molecule is CCN(C)C(=O)N[C@@H](C)c1c(C)nn(CC(F)(F)F)c1C. The minimum Gasteiger partial charge on any atom is -0.331 e. The Balaban J connectivity index is 2.95. The van der Waals surface area contributed by atoms with Crippen LogP contribution in [0.2, 0.25) is 0 Å². The van der Waals surface area contributed by atoms with Crippen molar-refractivity contribution in [2.24, 2.45) is 0 Å². The van der Waals surface area contributed by atoms with Crippen LogP contribution in [-0.2, 0) is 6.54 Å². The summed E-state index contributed by atoms with van der Waals surface area (Å²) in [7, 11) is 1.65. The Hall–Kier alpha value is -1.73. The Kier molecular flexibility index (Phi) is 5.25. The quantitative estimate of drug-likeness (QED) is 0.930. The third-order valence-electron chi connectivity index (χ3n) is 3.36. The summed E-state index contributed by atoms with van der Waals surface area (Å²) in [4.78, 5) is 13.3. The summed E-state index contributed by atoms with van der Waals surface area (Å²) in [6.07, 6.45) is -4.32. The van der Waals surface area contributed by atoms with E-state index in [2.05, 4.69) is 10.4 Å². The molecule has 1 aromatic rings. The van der Waals surface area contributed by atoms with Crippen molar-refractivity contribution >= 4 is 6.03 Å². The maximum atomic E-state index is 12.5. The lowest BCUT2D eigenvalue weighted by atomic mass is 10.1. The van der Waals surface area contributed by atoms with Gasteiger partial charge in [-0.3, -0.25) is 4.68 Å². The van der Waals surface area contributed by atoms with E-state index in [4.69, 9.17) is 0 Å². The lowest BCUT2D eigenvalue weighted by molar-refractivity contribution is -0.143. The van der Waals surface area contributed by atoms with E-state index in [1.165, 1.54) is 4.90 Å². The smallest absolute Gasteiger partial charge is 0.331 e. The molecule has 0 spiro atoms. The Morgan fingerprint density at radius 1 is 1.43 bits per heavy atom. The van der Waals surface area contributed by atoms with Crippen LogP contribution in [0.15, 0.2) is 0 Å². The van der Waals surface area contributed by atoms with Gasteiger partial charge in [-0.15, -0.1) is 0 Å². The summed E-state index contributed by atoms with van der Waals surface area (Å²) < 4.78 is 38.4. The summed E-state index contributed by atoms with van der Waals surface area (Å²) in [5, 5.41) is 6.68. The minimum absolute atomic E-state index is 0.271. The van der Waals surface area contributed by atoms with Crippen molar-refractivity contribution in [1.82, 2.24) is 20.0 Å². The summed E-state index contributed by atoms with van der Waals surface area (Å²) >= 11 is 0. The summed E-state index contributed by atoms with van der Waals surface area (Å²) in [5.74, 6) is 0.